The quantitative estimate of drug-likeness (QED) is 0.130. The van der Waals surface area contributed by atoms with Gasteiger partial charge < -0.3 is 9.47 Å². The Morgan fingerprint density at radius 2 is 1.33 bits per heavy atom. The van der Waals surface area contributed by atoms with Crippen LogP contribution in [-0.2, 0) is 4.74 Å². The number of fused-ring (bicyclic) bond motifs is 3. The Labute approximate surface area is 177 Å². The normalized spacial score (nSPS) is 11.2. The Morgan fingerprint density at radius 1 is 0.700 bits per heavy atom. The van der Waals surface area contributed by atoms with E-state index in [4.69, 9.17) is 9.47 Å². The van der Waals surface area contributed by atoms with Crippen LogP contribution in [0.25, 0.3) is 32.3 Å². The fourth-order valence-corrected chi connectivity index (χ4v) is 3.94. The van der Waals surface area contributed by atoms with Gasteiger partial charge in [0.15, 0.2) is 0 Å². The number of unbranched alkanes of at least 4 members (excludes halogenated alkanes) is 5. The van der Waals surface area contributed by atoms with Gasteiger partial charge in [-0.3, -0.25) is 0 Å². The number of carbonyl (C=O) groups is 1. The van der Waals surface area contributed by atoms with Gasteiger partial charge in [0.05, 0.1) is 6.61 Å². The topological polar surface area (TPSA) is 35.5 Å². The van der Waals surface area contributed by atoms with Gasteiger partial charge in [0.1, 0.15) is 5.75 Å². The van der Waals surface area contributed by atoms with Crippen LogP contribution < -0.4 is 4.74 Å². The molecule has 30 heavy (non-hydrogen) atoms. The molecular weight excluding hydrogens is 372 g/mol. The van der Waals surface area contributed by atoms with Gasteiger partial charge in [0.25, 0.3) is 0 Å². The lowest BCUT2D eigenvalue weighted by Gasteiger charge is -2.10. The highest BCUT2D eigenvalue weighted by molar-refractivity contribution is 6.06. The lowest BCUT2D eigenvalue weighted by Crippen LogP contribution is -2.11. The van der Waals surface area contributed by atoms with Gasteiger partial charge in [-0.2, -0.15) is 0 Å². The summed E-state index contributed by atoms with van der Waals surface area (Å²) >= 11 is 0. The van der Waals surface area contributed by atoms with Crippen molar-refractivity contribution in [3.8, 4) is 5.75 Å². The van der Waals surface area contributed by atoms with Crippen LogP contribution in [-0.4, -0.2) is 12.8 Å². The predicted octanol–water partition coefficient (Wildman–Crippen LogP) is 8.02. The molecule has 4 aromatic rings. The van der Waals surface area contributed by atoms with Crippen molar-refractivity contribution >= 4 is 38.5 Å². The Hall–Kier alpha value is -3.07. The number of hydrogen-bond donors (Lipinski definition) is 0. The van der Waals surface area contributed by atoms with Crippen molar-refractivity contribution in [1.29, 1.82) is 0 Å². The van der Waals surface area contributed by atoms with Crippen molar-refractivity contribution in [3.63, 3.8) is 0 Å². The summed E-state index contributed by atoms with van der Waals surface area (Å²) in [5.74, 6) is 0.538. The molecule has 0 aliphatic carbocycles. The smallest absolute Gasteiger partial charge is 0.434 e. The zero-order chi connectivity index (χ0) is 20.8. The van der Waals surface area contributed by atoms with E-state index in [9.17, 15) is 4.79 Å². The molecule has 0 heterocycles. The number of hydrogen-bond acceptors (Lipinski definition) is 3. The minimum absolute atomic E-state index is 0.407. The van der Waals surface area contributed by atoms with Crippen molar-refractivity contribution in [2.24, 2.45) is 0 Å². The number of rotatable bonds is 8. The summed E-state index contributed by atoms with van der Waals surface area (Å²) in [4.78, 5) is 12.2. The largest absolute Gasteiger partial charge is 0.513 e. The molecule has 3 nitrogen and oxygen atoms in total. The number of carbonyl (C=O) groups excluding carboxylic acids is 1. The minimum atomic E-state index is -0.630. The van der Waals surface area contributed by atoms with Crippen LogP contribution in [0.15, 0.2) is 66.7 Å². The lowest BCUT2D eigenvalue weighted by atomic mass is 9.99. The monoisotopic (exact) mass is 400 g/mol. The highest BCUT2D eigenvalue weighted by Gasteiger charge is 2.11. The Morgan fingerprint density at radius 3 is 2.10 bits per heavy atom. The highest BCUT2D eigenvalue weighted by atomic mass is 16.7. The molecule has 0 saturated carbocycles. The molecule has 0 spiro atoms. The van der Waals surface area contributed by atoms with Crippen LogP contribution in [0.2, 0.25) is 0 Å². The second kappa shape index (κ2) is 9.62. The predicted molar refractivity (Wildman–Crippen MR) is 124 cm³/mol. The van der Waals surface area contributed by atoms with Crippen LogP contribution >= 0.6 is 0 Å². The van der Waals surface area contributed by atoms with Gasteiger partial charge >= 0.3 is 6.16 Å². The number of benzene rings is 4. The summed E-state index contributed by atoms with van der Waals surface area (Å²) in [7, 11) is 0. The van der Waals surface area contributed by atoms with E-state index in [-0.39, 0.29) is 0 Å². The molecule has 0 aliphatic rings. The minimum Gasteiger partial charge on any atom is -0.434 e. The first-order valence-corrected chi connectivity index (χ1v) is 10.9. The van der Waals surface area contributed by atoms with Gasteiger partial charge in [-0.1, -0.05) is 75.4 Å². The van der Waals surface area contributed by atoms with Crippen molar-refractivity contribution in [2.45, 2.75) is 45.4 Å². The SMILES string of the molecule is CCCCCCCCOC(=O)Oc1cccc2cc3cc4ccccc4cc3cc12. The summed E-state index contributed by atoms with van der Waals surface area (Å²) in [5, 5.41) is 6.66. The van der Waals surface area contributed by atoms with E-state index in [1.807, 2.05) is 24.3 Å². The maximum absolute atomic E-state index is 12.2. The molecule has 4 rings (SSSR count). The summed E-state index contributed by atoms with van der Waals surface area (Å²) in [5.41, 5.74) is 0. The molecule has 0 atom stereocenters. The Bertz CT molecular complexity index is 1160. The third kappa shape index (κ3) is 4.73. The van der Waals surface area contributed by atoms with Crippen LogP contribution in [0.4, 0.5) is 4.79 Å². The molecule has 154 valence electrons. The molecular formula is C27H28O3. The molecule has 3 heteroatoms. The zero-order valence-electron chi connectivity index (χ0n) is 17.5. The van der Waals surface area contributed by atoms with Gasteiger partial charge in [-0.15, -0.1) is 0 Å². The van der Waals surface area contributed by atoms with Crippen molar-refractivity contribution in [1.82, 2.24) is 0 Å². The van der Waals surface area contributed by atoms with E-state index in [1.165, 1.54) is 41.8 Å². The van der Waals surface area contributed by atoms with Crippen LogP contribution in [0.1, 0.15) is 45.4 Å². The zero-order valence-corrected chi connectivity index (χ0v) is 17.5. The average Bonchev–Trinajstić information content (AvgIpc) is 2.76. The van der Waals surface area contributed by atoms with E-state index < -0.39 is 6.16 Å². The van der Waals surface area contributed by atoms with E-state index in [1.54, 1.807) is 0 Å². The summed E-state index contributed by atoms with van der Waals surface area (Å²) in [6.07, 6.45) is 6.29. The fourth-order valence-electron chi connectivity index (χ4n) is 3.94. The van der Waals surface area contributed by atoms with Gasteiger partial charge in [0.2, 0.25) is 0 Å². The molecule has 4 aromatic carbocycles. The second-order valence-corrected chi connectivity index (χ2v) is 7.84. The molecule has 0 aliphatic heterocycles. The van der Waals surface area contributed by atoms with Gasteiger partial charge in [0, 0.05) is 5.39 Å². The summed E-state index contributed by atoms with van der Waals surface area (Å²) < 4.78 is 10.8. The average molecular weight is 401 g/mol. The van der Waals surface area contributed by atoms with E-state index in [2.05, 4.69) is 49.4 Å². The maximum atomic E-state index is 12.2. The first kappa shape index (κ1) is 20.2. The summed E-state index contributed by atoms with van der Waals surface area (Å²) in [6.45, 7) is 2.61. The molecule has 0 bridgehead atoms. The Kier molecular flexibility index (Phi) is 6.48. The van der Waals surface area contributed by atoms with Crippen LogP contribution in [0.3, 0.4) is 0 Å². The number of ether oxygens (including phenoxy) is 2. The van der Waals surface area contributed by atoms with Gasteiger partial charge in [-0.25, -0.2) is 4.79 Å². The van der Waals surface area contributed by atoms with E-state index in [0.717, 1.165) is 29.0 Å². The van der Waals surface area contributed by atoms with Crippen molar-refractivity contribution in [3.05, 3.63) is 66.7 Å². The summed E-state index contributed by atoms with van der Waals surface area (Å²) in [6, 6.07) is 22.7. The van der Waals surface area contributed by atoms with Gasteiger partial charge in [-0.05, 0) is 63.7 Å². The molecule has 0 fully saturated rings. The standard InChI is InChI=1S/C27H28O3/c1-2-3-4-5-6-9-15-29-27(28)30-26-14-10-13-22-18-23-16-20-11-7-8-12-21(20)17-24(23)19-25(22)26/h7-8,10-14,16-19H,2-6,9,15H2,1H3. The molecule has 0 saturated heterocycles. The van der Waals surface area contributed by atoms with Crippen LogP contribution in [0.5, 0.6) is 5.75 Å². The lowest BCUT2D eigenvalue weighted by molar-refractivity contribution is 0.0978. The molecule has 0 unspecified atom stereocenters. The van der Waals surface area contributed by atoms with E-state index in [0.29, 0.717) is 12.4 Å². The third-order valence-electron chi connectivity index (χ3n) is 5.57. The molecule has 0 aromatic heterocycles. The fraction of sp³-hybridized carbons (Fsp3) is 0.296. The first-order valence-electron chi connectivity index (χ1n) is 10.9. The first-order chi connectivity index (χ1) is 14.7. The highest BCUT2D eigenvalue weighted by Crippen LogP contribution is 2.32. The molecule has 0 radical (unpaired) electrons. The molecule has 0 N–H and O–H groups in total. The Balaban J connectivity index is 1.48. The van der Waals surface area contributed by atoms with E-state index >= 15 is 0 Å². The van der Waals surface area contributed by atoms with Crippen molar-refractivity contribution in [2.75, 3.05) is 6.61 Å². The molecule has 0 amide bonds. The van der Waals surface area contributed by atoms with Crippen molar-refractivity contribution < 1.29 is 14.3 Å². The third-order valence-corrected chi connectivity index (χ3v) is 5.57. The van der Waals surface area contributed by atoms with Crippen LogP contribution in [0, 0.1) is 0 Å². The maximum Gasteiger partial charge on any atom is 0.513 e. The second-order valence-electron chi connectivity index (χ2n) is 7.84.